The minimum atomic E-state index is -4.68. The molecule has 3 aromatic rings. The molecule has 1 aromatic heterocycles. The first-order valence-corrected chi connectivity index (χ1v) is 19.8. The Labute approximate surface area is 299 Å². The van der Waals surface area contributed by atoms with Crippen molar-refractivity contribution in [2.24, 2.45) is 0 Å². The molecular formula is C35H41F3N6O5S2. The maximum atomic E-state index is 14.1. The van der Waals surface area contributed by atoms with E-state index in [-0.39, 0.29) is 42.7 Å². The number of hydrogen-bond donors (Lipinski definition) is 2. The van der Waals surface area contributed by atoms with Crippen molar-refractivity contribution in [3.05, 3.63) is 70.4 Å². The summed E-state index contributed by atoms with van der Waals surface area (Å²) in [6.07, 6.45) is -2.48. The predicted octanol–water partition coefficient (Wildman–Crippen LogP) is 3.68. The van der Waals surface area contributed by atoms with Crippen LogP contribution >= 0.6 is 11.8 Å². The first kappa shape index (κ1) is 37.3. The van der Waals surface area contributed by atoms with Gasteiger partial charge in [0.25, 0.3) is 0 Å². The Kier molecular flexibility index (Phi) is 11.2. The lowest BCUT2D eigenvalue weighted by molar-refractivity contribution is -0.139. The van der Waals surface area contributed by atoms with Gasteiger partial charge in [0.15, 0.2) is 0 Å². The molecule has 0 spiro atoms. The third-order valence-electron chi connectivity index (χ3n) is 9.95. The average Bonchev–Trinajstić information content (AvgIpc) is 3.69. The van der Waals surface area contributed by atoms with Gasteiger partial charge in [-0.15, -0.1) is 11.8 Å². The summed E-state index contributed by atoms with van der Waals surface area (Å²) in [5.41, 5.74) is 2.89. The zero-order valence-corrected chi connectivity index (χ0v) is 29.9. The molecule has 0 saturated carbocycles. The van der Waals surface area contributed by atoms with Crippen molar-refractivity contribution in [3.8, 4) is 17.3 Å². The second-order valence-electron chi connectivity index (χ2n) is 13.5. The number of rotatable bonds is 10. The van der Waals surface area contributed by atoms with Gasteiger partial charge in [-0.3, -0.25) is 9.48 Å². The number of aliphatic hydroxyl groups is 2. The summed E-state index contributed by atoms with van der Waals surface area (Å²) >= 11 is 0.766. The van der Waals surface area contributed by atoms with Crippen molar-refractivity contribution in [2.45, 2.75) is 68.0 Å². The van der Waals surface area contributed by atoms with Crippen molar-refractivity contribution >= 4 is 27.7 Å². The zero-order chi connectivity index (χ0) is 36.5. The van der Waals surface area contributed by atoms with Crippen LogP contribution in [0.4, 0.5) is 13.2 Å². The largest absolute Gasteiger partial charge is 0.417 e. The van der Waals surface area contributed by atoms with E-state index in [1.54, 1.807) is 4.68 Å². The highest BCUT2D eigenvalue weighted by molar-refractivity contribution is 8.00. The van der Waals surface area contributed by atoms with Crippen molar-refractivity contribution < 1.29 is 36.6 Å². The first-order chi connectivity index (χ1) is 24.2. The van der Waals surface area contributed by atoms with Crippen LogP contribution in [0, 0.1) is 11.3 Å². The molecule has 2 aromatic carbocycles. The van der Waals surface area contributed by atoms with E-state index in [0.717, 1.165) is 55.7 Å². The summed E-state index contributed by atoms with van der Waals surface area (Å²) in [7, 11) is -3.58. The molecule has 2 N–H and O–H groups in total. The average molecular weight is 747 g/mol. The van der Waals surface area contributed by atoms with Crippen LogP contribution < -0.4 is 0 Å². The van der Waals surface area contributed by atoms with Gasteiger partial charge in [0, 0.05) is 60.9 Å². The lowest BCUT2D eigenvalue weighted by Crippen LogP contribution is -2.40. The highest BCUT2D eigenvalue weighted by Gasteiger charge is 2.36. The van der Waals surface area contributed by atoms with Crippen LogP contribution in [-0.4, -0.2) is 112 Å². The number of sulfonamides is 1. The quantitative estimate of drug-likeness (QED) is 0.297. The number of benzene rings is 2. The molecule has 11 nitrogen and oxygen atoms in total. The van der Waals surface area contributed by atoms with E-state index in [0.29, 0.717) is 54.2 Å². The number of β-amino-alcohol motifs (C(OH)–C–C–N with tert-alkyl or cyclic N) is 2. The molecule has 0 bridgehead atoms. The van der Waals surface area contributed by atoms with Gasteiger partial charge in [-0.2, -0.15) is 27.8 Å². The van der Waals surface area contributed by atoms with E-state index in [1.165, 1.54) is 26.9 Å². The van der Waals surface area contributed by atoms with Crippen molar-refractivity contribution in [2.75, 3.05) is 51.3 Å². The van der Waals surface area contributed by atoms with Gasteiger partial charge in [-0.25, -0.2) is 8.42 Å². The number of fused-ring (bicyclic) bond motifs is 1. The smallest absolute Gasteiger partial charge is 0.391 e. The Hall–Kier alpha value is -3.46. The van der Waals surface area contributed by atoms with Crippen molar-refractivity contribution in [3.63, 3.8) is 0 Å². The SMILES string of the molecule is CS(=O)(=O)N1CCc2c(c(-c3ccc(C(F)(F)F)c(SCC(=O)N4CCC(O)C4)c3)nn2CC(O)CN2CCC(c3ccc(C#N)cc3)CC2)C1. The molecule has 0 radical (unpaired) electrons. The number of aromatic nitrogens is 2. The molecule has 51 heavy (non-hydrogen) atoms. The zero-order valence-electron chi connectivity index (χ0n) is 28.2. The molecule has 16 heteroatoms. The van der Waals surface area contributed by atoms with E-state index >= 15 is 0 Å². The molecule has 2 unspecified atom stereocenters. The molecule has 274 valence electrons. The first-order valence-electron chi connectivity index (χ1n) is 16.9. The Morgan fingerprint density at radius 2 is 1.80 bits per heavy atom. The summed E-state index contributed by atoms with van der Waals surface area (Å²) in [6, 6.07) is 13.4. The number of carbonyl (C=O) groups is 1. The van der Waals surface area contributed by atoms with Crippen molar-refractivity contribution in [1.82, 2.24) is 23.9 Å². The Bertz CT molecular complexity index is 1890. The third-order valence-corrected chi connectivity index (χ3v) is 12.2. The van der Waals surface area contributed by atoms with Gasteiger partial charge in [-0.05, 0) is 68.1 Å². The van der Waals surface area contributed by atoms with Crippen LogP contribution in [0.3, 0.4) is 0 Å². The van der Waals surface area contributed by atoms with Crippen LogP contribution in [0.2, 0.25) is 0 Å². The van der Waals surface area contributed by atoms with E-state index in [2.05, 4.69) is 11.0 Å². The van der Waals surface area contributed by atoms with Gasteiger partial charge < -0.3 is 20.0 Å². The second-order valence-corrected chi connectivity index (χ2v) is 16.5. The number of hydrogen-bond acceptors (Lipinski definition) is 9. The standard InChI is InChI=1S/C35H41F3N6O5S2/c1-51(48,49)43-15-11-31-29(21-43)34(26-6-7-30(35(36,37)38)32(16-26)50-22-33(47)42-14-10-27(45)19-42)40-44(31)20-28(46)18-41-12-8-25(9-13-41)24-4-2-23(17-39)3-5-24/h2-7,16,25,27-28,45-46H,8-15,18-22H2,1H3. The molecular weight excluding hydrogens is 706 g/mol. The lowest BCUT2D eigenvalue weighted by atomic mass is 9.89. The van der Waals surface area contributed by atoms with Crippen LogP contribution in [0.25, 0.3) is 11.3 Å². The molecule has 3 aliphatic heterocycles. The van der Waals surface area contributed by atoms with Gasteiger partial charge >= 0.3 is 6.18 Å². The highest BCUT2D eigenvalue weighted by Crippen LogP contribution is 2.40. The van der Waals surface area contributed by atoms with Crippen LogP contribution in [0.1, 0.15) is 53.1 Å². The van der Waals surface area contributed by atoms with Gasteiger partial charge in [-0.1, -0.05) is 18.2 Å². The third kappa shape index (κ3) is 8.78. The van der Waals surface area contributed by atoms with Crippen LogP contribution in [0.15, 0.2) is 47.4 Å². The minimum Gasteiger partial charge on any atom is -0.391 e. The van der Waals surface area contributed by atoms with E-state index < -0.39 is 34.0 Å². The second kappa shape index (κ2) is 15.3. The number of nitriles is 1. The summed E-state index contributed by atoms with van der Waals surface area (Å²) in [6.45, 7) is 2.75. The molecule has 4 heterocycles. The molecule has 3 aliphatic rings. The van der Waals surface area contributed by atoms with E-state index in [1.807, 2.05) is 24.3 Å². The maximum Gasteiger partial charge on any atom is 0.417 e. The van der Waals surface area contributed by atoms with Crippen molar-refractivity contribution in [1.29, 1.82) is 5.26 Å². The molecule has 1 amide bonds. The summed E-state index contributed by atoms with van der Waals surface area (Å²) in [5.74, 6) is -0.250. The molecule has 2 fully saturated rings. The minimum absolute atomic E-state index is 0.0122. The van der Waals surface area contributed by atoms with Crippen LogP contribution in [0.5, 0.6) is 0 Å². The Morgan fingerprint density at radius 3 is 2.43 bits per heavy atom. The number of likely N-dealkylation sites (tertiary alicyclic amines) is 2. The fraction of sp³-hybridized carbons (Fsp3) is 0.514. The fourth-order valence-electron chi connectivity index (χ4n) is 7.19. The topological polar surface area (TPSA) is 143 Å². The fourth-order valence-corrected chi connectivity index (χ4v) is 8.99. The molecule has 2 saturated heterocycles. The summed E-state index contributed by atoms with van der Waals surface area (Å²) in [5, 5.41) is 34.9. The predicted molar refractivity (Wildman–Crippen MR) is 185 cm³/mol. The van der Waals surface area contributed by atoms with Gasteiger partial charge in [0.1, 0.15) is 0 Å². The number of nitrogens with zero attached hydrogens (tertiary/aromatic N) is 6. The van der Waals surface area contributed by atoms with E-state index in [4.69, 9.17) is 10.4 Å². The number of thioether (sulfide) groups is 1. The maximum absolute atomic E-state index is 14.1. The number of aliphatic hydroxyl groups excluding tert-OH is 2. The number of amides is 1. The number of alkyl halides is 3. The number of carbonyl (C=O) groups excluding carboxylic acids is 1. The lowest BCUT2D eigenvalue weighted by Gasteiger charge is -2.33. The Balaban J connectivity index is 1.21. The molecule has 2 atom stereocenters. The molecule has 0 aliphatic carbocycles. The molecule has 6 rings (SSSR count). The monoisotopic (exact) mass is 746 g/mol. The number of halogens is 3. The number of piperidine rings is 1. The van der Waals surface area contributed by atoms with Gasteiger partial charge in [0.2, 0.25) is 15.9 Å². The van der Waals surface area contributed by atoms with E-state index in [9.17, 15) is 36.6 Å². The highest BCUT2D eigenvalue weighted by atomic mass is 32.2. The Morgan fingerprint density at radius 1 is 1.08 bits per heavy atom. The summed E-state index contributed by atoms with van der Waals surface area (Å²) < 4.78 is 70.4. The van der Waals surface area contributed by atoms with Crippen LogP contribution in [-0.2, 0) is 40.5 Å². The van der Waals surface area contributed by atoms with Gasteiger partial charge in [0.05, 0.1) is 53.7 Å². The summed E-state index contributed by atoms with van der Waals surface area (Å²) in [4.78, 5) is 16.2. The normalized spacial score (nSPS) is 19.9.